The van der Waals surface area contributed by atoms with Crippen molar-refractivity contribution in [1.82, 2.24) is 19.1 Å². The van der Waals surface area contributed by atoms with E-state index in [2.05, 4.69) is 20.8 Å². The molecule has 9 nitrogen and oxygen atoms in total. The van der Waals surface area contributed by atoms with E-state index in [0.29, 0.717) is 30.5 Å². The number of benzene rings is 3. The number of para-hydroxylation sites is 1. The molecule has 4 aromatic rings. The molecule has 0 aliphatic rings. The molecule has 0 aliphatic carbocycles. The van der Waals surface area contributed by atoms with Gasteiger partial charge in [-0.15, -0.1) is 10.2 Å². The van der Waals surface area contributed by atoms with Crippen LogP contribution in [0, 0.1) is 6.92 Å². The fourth-order valence-electron chi connectivity index (χ4n) is 3.95. The number of thioether (sulfide) groups is 1. The van der Waals surface area contributed by atoms with Crippen LogP contribution < -0.4 is 10.6 Å². The summed E-state index contributed by atoms with van der Waals surface area (Å²) in [4.78, 5) is 12.9. The Morgan fingerprint density at radius 1 is 0.897 bits per heavy atom. The molecule has 4 rings (SSSR count). The third-order valence-electron chi connectivity index (χ3n) is 6.03. The lowest BCUT2D eigenvalue weighted by Gasteiger charge is -2.18. The summed E-state index contributed by atoms with van der Waals surface area (Å²) in [6.07, 6.45) is 0. The van der Waals surface area contributed by atoms with Gasteiger partial charge in [0, 0.05) is 30.2 Å². The van der Waals surface area contributed by atoms with Crippen LogP contribution in [0.1, 0.15) is 25.2 Å². The predicted octanol–water partition coefficient (Wildman–Crippen LogP) is 4.95. The van der Waals surface area contributed by atoms with Crippen LogP contribution in [-0.2, 0) is 21.4 Å². The average Bonchev–Trinajstić information content (AvgIpc) is 3.35. The van der Waals surface area contributed by atoms with Gasteiger partial charge in [-0.2, -0.15) is 4.31 Å². The minimum atomic E-state index is -3.55. The second-order valence-corrected chi connectivity index (χ2v) is 11.6. The first-order valence-electron chi connectivity index (χ1n) is 12.6. The Kier molecular flexibility index (Phi) is 9.39. The summed E-state index contributed by atoms with van der Waals surface area (Å²) < 4.78 is 28.7. The van der Waals surface area contributed by atoms with Crippen LogP contribution in [0.5, 0.6) is 0 Å². The van der Waals surface area contributed by atoms with Crippen molar-refractivity contribution in [3.63, 3.8) is 0 Å². The standard InChI is InChI=1S/C28H32N6O3S2/c1-4-33(5-2)39(36,37)25-17-15-23(16-18-25)30-27(35)20-38-28-32-31-26(34(28)24-9-7-6-8-10-24)19-29-22-13-11-21(3)12-14-22/h6-18,29H,4-5,19-20H2,1-3H3,(H,30,35). The number of nitrogens with zero attached hydrogens (tertiary/aromatic N) is 4. The molecular weight excluding hydrogens is 532 g/mol. The molecular formula is C28H32N6O3S2. The molecule has 1 heterocycles. The highest BCUT2D eigenvalue weighted by Gasteiger charge is 2.21. The lowest BCUT2D eigenvalue weighted by atomic mass is 10.2. The van der Waals surface area contributed by atoms with Crippen molar-refractivity contribution in [2.45, 2.75) is 37.4 Å². The van der Waals surface area contributed by atoms with Gasteiger partial charge >= 0.3 is 0 Å². The van der Waals surface area contributed by atoms with Gasteiger partial charge in [-0.25, -0.2) is 8.42 Å². The van der Waals surface area contributed by atoms with Gasteiger partial charge in [0.15, 0.2) is 11.0 Å². The summed E-state index contributed by atoms with van der Waals surface area (Å²) in [6.45, 7) is 6.89. The van der Waals surface area contributed by atoms with Gasteiger partial charge in [-0.05, 0) is 55.5 Å². The molecule has 11 heteroatoms. The second-order valence-electron chi connectivity index (χ2n) is 8.74. The van der Waals surface area contributed by atoms with E-state index in [-0.39, 0.29) is 16.6 Å². The van der Waals surface area contributed by atoms with Gasteiger partial charge in [0.05, 0.1) is 17.2 Å². The van der Waals surface area contributed by atoms with Gasteiger partial charge < -0.3 is 10.6 Å². The molecule has 3 aromatic carbocycles. The summed E-state index contributed by atoms with van der Waals surface area (Å²) in [5, 5.41) is 15.5. The van der Waals surface area contributed by atoms with E-state index in [9.17, 15) is 13.2 Å². The fourth-order valence-corrected chi connectivity index (χ4v) is 6.18. The number of aromatic nitrogens is 3. The molecule has 0 spiro atoms. The van der Waals surface area contributed by atoms with Crippen LogP contribution >= 0.6 is 11.8 Å². The van der Waals surface area contributed by atoms with E-state index in [1.165, 1.54) is 33.8 Å². The first-order valence-corrected chi connectivity index (χ1v) is 15.1. The van der Waals surface area contributed by atoms with Gasteiger partial charge in [0.2, 0.25) is 15.9 Å². The number of aryl methyl sites for hydroxylation is 1. The summed E-state index contributed by atoms with van der Waals surface area (Å²) in [5.41, 5.74) is 3.58. The van der Waals surface area contributed by atoms with Crippen molar-refractivity contribution in [3.8, 4) is 5.69 Å². The van der Waals surface area contributed by atoms with Crippen LogP contribution in [0.4, 0.5) is 11.4 Å². The SMILES string of the molecule is CCN(CC)S(=O)(=O)c1ccc(NC(=O)CSc2nnc(CNc3ccc(C)cc3)n2-c2ccccc2)cc1. The molecule has 0 bridgehead atoms. The lowest BCUT2D eigenvalue weighted by Crippen LogP contribution is -2.30. The Morgan fingerprint density at radius 3 is 2.18 bits per heavy atom. The summed E-state index contributed by atoms with van der Waals surface area (Å²) in [5.74, 6) is 0.589. The van der Waals surface area contributed by atoms with Crippen molar-refractivity contribution in [2.75, 3.05) is 29.5 Å². The molecule has 1 amide bonds. The Morgan fingerprint density at radius 2 is 1.54 bits per heavy atom. The zero-order chi connectivity index (χ0) is 27.8. The fraction of sp³-hybridized carbons (Fsp3) is 0.250. The normalized spacial score (nSPS) is 11.5. The smallest absolute Gasteiger partial charge is 0.243 e. The number of nitrogens with one attached hydrogen (secondary N) is 2. The van der Waals surface area contributed by atoms with Crippen molar-refractivity contribution < 1.29 is 13.2 Å². The van der Waals surface area contributed by atoms with E-state index in [1.807, 2.05) is 66.1 Å². The van der Waals surface area contributed by atoms with Crippen molar-refractivity contribution in [3.05, 3.63) is 90.3 Å². The third-order valence-corrected chi connectivity index (χ3v) is 9.02. The summed E-state index contributed by atoms with van der Waals surface area (Å²) in [6, 6.07) is 24.1. The number of hydrogen-bond donors (Lipinski definition) is 2. The van der Waals surface area contributed by atoms with Crippen LogP contribution in [0.2, 0.25) is 0 Å². The molecule has 0 saturated carbocycles. The monoisotopic (exact) mass is 564 g/mol. The Bertz CT molecular complexity index is 1480. The molecule has 2 N–H and O–H groups in total. The minimum Gasteiger partial charge on any atom is -0.378 e. The average molecular weight is 565 g/mol. The van der Waals surface area contributed by atoms with Crippen LogP contribution in [0.3, 0.4) is 0 Å². The van der Waals surface area contributed by atoms with Crippen LogP contribution in [-0.4, -0.2) is 52.2 Å². The van der Waals surface area contributed by atoms with E-state index in [0.717, 1.165) is 17.2 Å². The lowest BCUT2D eigenvalue weighted by molar-refractivity contribution is -0.113. The van der Waals surface area contributed by atoms with Gasteiger partial charge in [-0.1, -0.05) is 61.5 Å². The van der Waals surface area contributed by atoms with Gasteiger partial charge in [-0.3, -0.25) is 9.36 Å². The van der Waals surface area contributed by atoms with Crippen molar-refractivity contribution in [2.24, 2.45) is 0 Å². The number of carbonyl (C=O) groups excluding carboxylic acids is 1. The highest BCUT2D eigenvalue weighted by atomic mass is 32.2. The number of rotatable bonds is 12. The topological polar surface area (TPSA) is 109 Å². The first kappa shape index (κ1) is 28.3. The van der Waals surface area contributed by atoms with Crippen molar-refractivity contribution >= 4 is 39.1 Å². The van der Waals surface area contributed by atoms with Crippen LogP contribution in [0.15, 0.2) is 88.9 Å². The molecule has 0 atom stereocenters. The van der Waals surface area contributed by atoms with Crippen molar-refractivity contribution in [1.29, 1.82) is 0 Å². The quantitative estimate of drug-likeness (QED) is 0.234. The summed E-state index contributed by atoms with van der Waals surface area (Å²) in [7, 11) is -3.55. The zero-order valence-corrected chi connectivity index (χ0v) is 23.8. The molecule has 0 saturated heterocycles. The number of carbonyl (C=O) groups is 1. The Hall–Kier alpha value is -3.67. The second kappa shape index (κ2) is 12.9. The van der Waals surface area contributed by atoms with Gasteiger partial charge in [0.1, 0.15) is 0 Å². The molecule has 1 aromatic heterocycles. The minimum absolute atomic E-state index is 0.107. The summed E-state index contributed by atoms with van der Waals surface area (Å²) >= 11 is 1.28. The molecule has 0 aliphatic heterocycles. The number of sulfonamides is 1. The maximum atomic E-state index is 12.7. The predicted molar refractivity (Wildman–Crippen MR) is 156 cm³/mol. The number of anilines is 2. The molecule has 0 radical (unpaired) electrons. The molecule has 39 heavy (non-hydrogen) atoms. The van der Waals surface area contributed by atoms with Crippen LogP contribution in [0.25, 0.3) is 5.69 Å². The molecule has 0 fully saturated rings. The first-order chi connectivity index (χ1) is 18.8. The Labute approximate surface area is 233 Å². The van der Waals surface area contributed by atoms with E-state index in [1.54, 1.807) is 26.0 Å². The Balaban J connectivity index is 1.43. The third kappa shape index (κ3) is 7.05. The highest BCUT2D eigenvalue weighted by Crippen LogP contribution is 2.24. The maximum Gasteiger partial charge on any atom is 0.243 e. The number of amides is 1. The molecule has 204 valence electrons. The van der Waals surface area contributed by atoms with E-state index < -0.39 is 10.0 Å². The number of hydrogen-bond acceptors (Lipinski definition) is 7. The zero-order valence-electron chi connectivity index (χ0n) is 22.2. The van der Waals surface area contributed by atoms with E-state index in [4.69, 9.17) is 0 Å². The maximum absolute atomic E-state index is 12.7. The molecule has 0 unspecified atom stereocenters. The van der Waals surface area contributed by atoms with Gasteiger partial charge in [0.25, 0.3) is 0 Å². The highest BCUT2D eigenvalue weighted by molar-refractivity contribution is 7.99. The van der Waals surface area contributed by atoms with E-state index >= 15 is 0 Å². The largest absolute Gasteiger partial charge is 0.378 e.